The summed E-state index contributed by atoms with van der Waals surface area (Å²) in [6.07, 6.45) is 7.59. The predicted octanol–water partition coefficient (Wildman–Crippen LogP) is 0.893. The summed E-state index contributed by atoms with van der Waals surface area (Å²) in [6, 6.07) is 2.09. The topological polar surface area (TPSA) is 103 Å². The lowest BCUT2D eigenvalue weighted by Gasteiger charge is -2.28. The van der Waals surface area contributed by atoms with Gasteiger partial charge >= 0.3 is 0 Å². The van der Waals surface area contributed by atoms with Crippen LogP contribution in [-0.2, 0) is 0 Å². The molecule has 1 fully saturated rings. The first-order chi connectivity index (χ1) is 10.5. The molecule has 3 heterocycles. The number of primary amides is 1. The highest BCUT2D eigenvalue weighted by Gasteiger charge is 2.19. The zero-order chi connectivity index (χ0) is 15.7. The molecule has 0 bridgehead atoms. The minimum Gasteiger partial charge on any atom is -0.383 e. The Hall–Kier alpha value is -2.41. The van der Waals surface area contributed by atoms with Gasteiger partial charge in [0.15, 0.2) is 0 Å². The number of amides is 1. The summed E-state index contributed by atoms with van der Waals surface area (Å²) < 4.78 is 2.00. The van der Waals surface area contributed by atoms with Crippen LogP contribution in [-0.4, -0.2) is 45.7 Å². The molecular weight excluding hydrogens is 280 g/mol. The fraction of sp³-hybridized carbons (Fsp3) is 0.400. The van der Waals surface area contributed by atoms with Crippen LogP contribution in [0.1, 0.15) is 29.2 Å². The molecular formula is C15H20N6O. The SMILES string of the molecule is CN1CCC(n2cc(-c3cnc(N)c(C(N)=O)c3)cn2)CC1. The van der Waals surface area contributed by atoms with Crippen molar-refractivity contribution in [3.05, 3.63) is 30.2 Å². The lowest BCUT2D eigenvalue weighted by Crippen LogP contribution is -2.31. The van der Waals surface area contributed by atoms with E-state index in [2.05, 4.69) is 22.0 Å². The van der Waals surface area contributed by atoms with Crippen LogP contribution in [0.5, 0.6) is 0 Å². The zero-order valence-corrected chi connectivity index (χ0v) is 12.6. The van der Waals surface area contributed by atoms with Crippen molar-refractivity contribution in [2.45, 2.75) is 18.9 Å². The van der Waals surface area contributed by atoms with Crippen molar-refractivity contribution in [2.75, 3.05) is 25.9 Å². The van der Waals surface area contributed by atoms with Crippen molar-refractivity contribution in [1.29, 1.82) is 0 Å². The number of anilines is 1. The quantitative estimate of drug-likeness (QED) is 0.876. The molecule has 2 aromatic rings. The maximum absolute atomic E-state index is 11.4. The Labute approximate surface area is 128 Å². The molecule has 22 heavy (non-hydrogen) atoms. The van der Waals surface area contributed by atoms with E-state index in [0.717, 1.165) is 37.1 Å². The van der Waals surface area contributed by atoms with Gasteiger partial charge in [0.25, 0.3) is 5.91 Å². The first kappa shape index (κ1) is 14.5. The predicted molar refractivity (Wildman–Crippen MR) is 84.2 cm³/mol. The van der Waals surface area contributed by atoms with E-state index in [9.17, 15) is 4.79 Å². The molecule has 7 heteroatoms. The Morgan fingerprint density at radius 2 is 2.00 bits per heavy atom. The number of hydrogen-bond acceptors (Lipinski definition) is 5. The number of aromatic nitrogens is 3. The van der Waals surface area contributed by atoms with Crippen LogP contribution in [0.3, 0.4) is 0 Å². The Balaban J connectivity index is 1.85. The number of carbonyl (C=O) groups is 1. The molecule has 2 aromatic heterocycles. The summed E-state index contributed by atoms with van der Waals surface area (Å²) in [4.78, 5) is 17.7. The highest BCUT2D eigenvalue weighted by atomic mass is 16.1. The number of piperidine rings is 1. The summed E-state index contributed by atoms with van der Waals surface area (Å²) in [5.41, 5.74) is 12.9. The van der Waals surface area contributed by atoms with Gasteiger partial charge in [-0.2, -0.15) is 5.10 Å². The number of carbonyl (C=O) groups excluding carboxylic acids is 1. The van der Waals surface area contributed by atoms with Crippen LogP contribution < -0.4 is 11.5 Å². The molecule has 0 spiro atoms. The van der Waals surface area contributed by atoms with Gasteiger partial charge in [-0.15, -0.1) is 0 Å². The van der Waals surface area contributed by atoms with E-state index in [-0.39, 0.29) is 11.4 Å². The van der Waals surface area contributed by atoms with E-state index in [1.165, 1.54) is 0 Å². The standard InChI is InChI=1S/C15H20N6O/c1-20-4-2-12(3-5-20)21-9-11(8-19-21)10-6-13(15(17)22)14(16)18-7-10/h6-9,12H,2-5H2,1H3,(H2,16,18)(H2,17,22). The van der Waals surface area contributed by atoms with E-state index in [0.29, 0.717) is 6.04 Å². The number of nitrogens with zero attached hydrogens (tertiary/aromatic N) is 4. The third-order valence-electron chi connectivity index (χ3n) is 4.18. The smallest absolute Gasteiger partial charge is 0.252 e. The van der Waals surface area contributed by atoms with Crippen LogP contribution in [0.4, 0.5) is 5.82 Å². The van der Waals surface area contributed by atoms with E-state index in [1.54, 1.807) is 18.5 Å². The average molecular weight is 300 g/mol. The highest BCUT2D eigenvalue weighted by Crippen LogP contribution is 2.26. The number of pyridine rings is 1. The van der Waals surface area contributed by atoms with E-state index in [4.69, 9.17) is 11.5 Å². The fourth-order valence-corrected chi connectivity index (χ4v) is 2.78. The third-order valence-corrected chi connectivity index (χ3v) is 4.18. The Bertz CT molecular complexity index is 687. The van der Waals surface area contributed by atoms with E-state index in [1.807, 2.05) is 10.9 Å². The lowest BCUT2D eigenvalue weighted by molar-refractivity contribution is 0.100. The van der Waals surface area contributed by atoms with Crippen molar-refractivity contribution in [1.82, 2.24) is 19.7 Å². The van der Waals surface area contributed by atoms with Gasteiger partial charge in [0.1, 0.15) is 5.82 Å². The fourth-order valence-electron chi connectivity index (χ4n) is 2.78. The molecule has 0 atom stereocenters. The molecule has 4 N–H and O–H groups in total. The number of nitrogens with two attached hydrogens (primary N) is 2. The second-order valence-corrected chi connectivity index (χ2v) is 5.76. The van der Waals surface area contributed by atoms with E-state index < -0.39 is 5.91 Å². The van der Waals surface area contributed by atoms with Crippen molar-refractivity contribution >= 4 is 11.7 Å². The highest BCUT2D eigenvalue weighted by molar-refractivity contribution is 5.98. The molecule has 7 nitrogen and oxygen atoms in total. The molecule has 3 rings (SSSR count). The normalized spacial score (nSPS) is 16.8. The van der Waals surface area contributed by atoms with Crippen molar-refractivity contribution in [3.8, 4) is 11.1 Å². The minimum absolute atomic E-state index is 0.152. The first-order valence-corrected chi connectivity index (χ1v) is 7.33. The number of likely N-dealkylation sites (tertiary alicyclic amines) is 1. The summed E-state index contributed by atoms with van der Waals surface area (Å²) >= 11 is 0. The molecule has 0 radical (unpaired) electrons. The van der Waals surface area contributed by atoms with Gasteiger partial charge in [-0.1, -0.05) is 0 Å². The second kappa shape index (κ2) is 5.76. The van der Waals surface area contributed by atoms with E-state index >= 15 is 0 Å². The average Bonchev–Trinajstić information content (AvgIpc) is 2.98. The zero-order valence-electron chi connectivity index (χ0n) is 12.6. The van der Waals surface area contributed by atoms with Gasteiger partial charge < -0.3 is 16.4 Å². The largest absolute Gasteiger partial charge is 0.383 e. The van der Waals surface area contributed by atoms with Crippen LogP contribution in [0.2, 0.25) is 0 Å². The van der Waals surface area contributed by atoms with Gasteiger partial charge in [0, 0.05) is 23.5 Å². The van der Waals surface area contributed by atoms with Gasteiger partial charge in [-0.05, 0) is 39.0 Å². The third kappa shape index (κ3) is 2.80. The van der Waals surface area contributed by atoms with Crippen LogP contribution in [0.25, 0.3) is 11.1 Å². The number of hydrogen-bond donors (Lipinski definition) is 2. The summed E-state index contributed by atoms with van der Waals surface area (Å²) in [6.45, 7) is 2.16. The van der Waals surface area contributed by atoms with Crippen molar-refractivity contribution in [2.24, 2.45) is 5.73 Å². The summed E-state index contributed by atoms with van der Waals surface area (Å²) in [7, 11) is 2.14. The minimum atomic E-state index is -0.574. The second-order valence-electron chi connectivity index (χ2n) is 5.76. The number of nitrogen functional groups attached to an aromatic ring is 1. The van der Waals surface area contributed by atoms with Gasteiger partial charge in [-0.25, -0.2) is 4.98 Å². The van der Waals surface area contributed by atoms with Gasteiger partial charge in [0.05, 0.1) is 17.8 Å². The molecule has 116 valence electrons. The molecule has 1 aliphatic heterocycles. The monoisotopic (exact) mass is 300 g/mol. The molecule has 1 amide bonds. The maximum atomic E-state index is 11.4. The lowest BCUT2D eigenvalue weighted by atomic mass is 10.1. The molecule has 1 saturated heterocycles. The molecule has 1 aliphatic rings. The Kier molecular flexibility index (Phi) is 3.81. The van der Waals surface area contributed by atoms with Crippen LogP contribution >= 0.6 is 0 Å². The summed E-state index contributed by atoms with van der Waals surface area (Å²) in [5, 5.41) is 4.46. The Morgan fingerprint density at radius 3 is 2.68 bits per heavy atom. The van der Waals surface area contributed by atoms with Crippen molar-refractivity contribution < 1.29 is 4.79 Å². The first-order valence-electron chi connectivity index (χ1n) is 7.33. The van der Waals surface area contributed by atoms with Gasteiger partial charge in [-0.3, -0.25) is 9.48 Å². The summed E-state index contributed by atoms with van der Waals surface area (Å²) in [5.74, 6) is -0.423. The number of rotatable bonds is 3. The molecule has 0 saturated carbocycles. The maximum Gasteiger partial charge on any atom is 0.252 e. The molecule has 0 unspecified atom stereocenters. The molecule has 0 aliphatic carbocycles. The van der Waals surface area contributed by atoms with Crippen LogP contribution in [0.15, 0.2) is 24.7 Å². The van der Waals surface area contributed by atoms with Crippen molar-refractivity contribution in [3.63, 3.8) is 0 Å². The molecule has 0 aromatic carbocycles. The van der Waals surface area contributed by atoms with Crippen LogP contribution in [0, 0.1) is 0 Å². The Morgan fingerprint density at radius 1 is 1.27 bits per heavy atom. The van der Waals surface area contributed by atoms with Gasteiger partial charge in [0.2, 0.25) is 0 Å².